The number of carbonyl (C=O) groups excluding carboxylic acids is 2. The summed E-state index contributed by atoms with van der Waals surface area (Å²) in [5, 5.41) is 18.9. The molecule has 0 fully saturated rings. The lowest BCUT2D eigenvalue weighted by Crippen LogP contribution is -2.44. The second-order valence-electron chi connectivity index (χ2n) is 7.06. The lowest BCUT2D eigenvalue weighted by molar-refractivity contribution is -0.118. The van der Waals surface area contributed by atoms with Crippen LogP contribution in [0.1, 0.15) is 22.3 Å². The number of thioether (sulfide) groups is 1. The standard InChI is InChI=1S/C23H24N4O4S2/c1-32-12-11-18(25-20(28)17-9-7-15(8-10-17)13-24-23(30)31)21(29)27-22-26-19(14-33-22)16-5-3-2-4-6-16/h2-10,14,18,24H,11-13H2,1H3,(H,25,28)(H,30,31)(H,26,27,29)/t18-/m0/s1. The quantitative estimate of drug-likeness (QED) is 0.344. The number of hydrogen-bond acceptors (Lipinski definition) is 6. The Balaban J connectivity index is 1.64. The summed E-state index contributed by atoms with van der Waals surface area (Å²) in [7, 11) is 0. The van der Waals surface area contributed by atoms with Crippen LogP contribution in [-0.4, -0.2) is 46.0 Å². The molecule has 0 aliphatic carbocycles. The SMILES string of the molecule is CSCC[C@H](NC(=O)c1ccc(CNC(=O)O)cc1)C(=O)Nc1nc(-c2ccccc2)cs1. The average molecular weight is 485 g/mol. The first-order chi connectivity index (χ1) is 16.0. The van der Waals surface area contributed by atoms with E-state index in [1.54, 1.807) is 36.0 Å². The molecule has 10 heteroatoms. The second-order valence-corrected chi connectivity index (χ2v) is 8.90. The van der Waals surface area contributed by atoms with Gasteiger partial charge in [0.2, 0.25) is 5.91 Å². The molecule has 1 atom stereocenters. The topological polar surface area (TPSA) is 120 Å². The number of amides is 3. The summed E-state index contributed by atoms with van der Waals surface area (Å²) in [6.07, 6.45) is 1.29. The largest absolute Gasteiger partial charge is 0.465 e. The summed E-state index contributed by atoms with van der Waals surface area (Å²) in [5.41, 5.74) is 2.85. The van der Waals surface area contributed by atoms with Gasteiger partial charge in [0, 0.05) is 23.1 Å². The van der Waals surface area contributed by atoms with Crippen molar-refractivity contribution in [2.45, 2.75) is 19.0 Å². The molecule has 3 rings (SSSR count). The molecule has 0 spiro atoms. The maximum absolute atomic E-state index is 12.9. The van der Waals surface area contributed by atoms with Crippen molar-refractivity contribution in [3.63, 3.8) is 0 Å². The van der Waals surface area contributed by atoms with Crippen LogP contribution < -0.4 is 16.0 Å². The van der Waals surface area contributed by atoms with Gasteiger partial charge in [0.05, 0.1) is 5.69 Å². The summed E-state index contributed by atoms with van der Waals surface area (Å²) in [5.74, 6) is -0.00238. The van der Waals surface area contributed by atoms with E-state index in [1.165, 1.54) is 11.3 Å². The zero-order valence-corrected chi connectivity index (χ0v) is 19.5. The predicted octanol–water partition coefficient (Wildman–Crippen LogP) is 4.07. The van der Waals surface area contributed by atoms with Crippen LogP contribution in [0.15, 0.2) is 60.0 Å². The maximum atomic E-state index is 12.9. The van der Waals surface area contributed by atoms with E-state index in [0.29, 0.717) is 22.9 Å². The summed E-state index contributed by atoms with van der Waals surface area (Å²) >= 11 is 2.92. The van der Waals surface area contributed by atoms with Crippen molar-refractivity contribution in [2.24, 2.45) is 0 Å². The molecule has 0 aliphatic heterocycles. The molecule has 33 heavy (non-hydrogen) atoms. The molecule has 1 heterocycles. The average Bonchev–Trinajstić information content (AvgIpc) is 3.29. The molecule has 0 aliphatic rings. The van der Waals surface area contributed by atoms with Crippen LogP contribution in [-0.2, 0) is 11.3 Å². The molecule has 0 bridgehead atoms. The Morgan fingerprint density at radius 1 is 1.09 bits per heavy atom. The third-order valence-corrected chi connectivity index (χ3v) is 6.10. The normalized spacial score (nSPS) is 11.4. The minimum absolute atomic E-state index is 0.148. The fraction of sp³-hybridized carbons (Fsp3) is 0.217. The van der Waals surface area contributed by atoms with E-state index in [0.717, 1.165) is 16.8 Å². The fourth-order valence-electron chi connectivity index (χ4n) is 2.96. The van der Waals surface area contributed by atoms with E-state index in [2.05, 4.69) is 20.9 Å². The Bertz CT molecular complexity index is 1090. The van der Waals surface area contributed by atoms with Crippen LogP contribution in [0, 0.1) is 0 Å². The predicted molar refractivity (Wildman–Crippen MR) is 132 cm³/mol. The van der Waals surface area contributed by atoms with E-state index in [1.807, 2.05) is 42.0 Å². The monoisotopic (exact) mass is 484 g/mol. The summed E-state index contributed by atoms with van der Waals surface area (Å²) in [6.45, 7) is 0.148. The Kier molecular flexibility index (Phi) is 8.85. The Morgan fingerprint density at radius 2 is 1.82 bits per heavy atom. The number of aromatic nitrogens is 1. The molecular weight excluding hydrogens is 460 g/mol. The lowest BCUT2D eigenvalue weighted by Gasteiger charge is -2.17. The number of nitrogens with one attached hydrogen (secondary N) is 3. The molecular formula is C23H24N4O4S2. The van der Waals surface area contributed by atoms with Gasteiger partial charge in [-0.2, -0.15) is 11.8 Å². The van der Waals surface area contributed by atoms with Crippen molar-refractivity contribution in [3.05, 3.63) is 71.1 Å². The van der Waals surface area contributed by atoms with Gasteiger partial charge in [-0.1, -0.05) is 42.5 Å². The van der Waals surface area contributed by atoms with Crippen LogP contribution in [0.25, 0.3) is 11.3 Å². The van der Waals surface area contributed by atoms with Crippen LogP contribution >= 0.6 is 23.1 Å². The second kappa shape index (κ2) is 12.0. The van der Waals surface area contributed by atoms with Gasteiger partial charge in [-0.05, 0) is 36.1 Å². The van der Waals surface area contributed by atoms with Crippen molar-refractivity contribution in [1.29, 1.82) is 0 Å². The van der Waals surface area contributed by atoms with E-state index in [9.17, 15) is 14.4 Å². The molecule has 3 aromatic rings. The molecule has 4 N–H and O–H groups in total. The third kappa shape index (κ3) is 7.33. The van der Waals surface area contributed by atoms with Gasteiger partial charge in [-0.15, -0.1) is 11.3 Å². The number of thiazole rings is 1. The molecule has 0 saturated carbocycles. The molecule has 2 aromatic carbocycles. The zero-order valence-electron chi connectivity index (χ0n) is 17.9. The highest BCUT2D eigenvalue weighted by molar-refractivity contribution is 7.98. The van der Waals surface area contributed by atoms with Gasteiger partial charge in [0.1, 0.15) is 6.04 Å². The maximum Gasteiger partial charge on any atom is 0.404 e. The first kappa shape index (κ1) is 24.3. The van der Waals surface area contributed by atoms with Gasteiger partial charge in [0.25, 0.3) is 5.91 Å². The van der Waals surface area contributed by atoms with Gasteiger partial charge in [-0.25, -0.2) is 9.78 Å². The number of nitrogens with zero attached hydrogens (tertiary/aromatic N) is 1. The van der Waals surface area contributed by atoms with Gasteiger partial charge < -0.3 is 21.1 Å². The minimum atomic E-state index is -1.12. The summed E-state index contributed by atoms with van der Waals surface area (Å²) < 4.78 is 0. The molecule has 0 radical (unpaired) electrons. The van der Waals surface area contributed by atoms with Crippen LogP contribution in [0.2, 0.25) is 0 Å². The number of hydrogen-bond donors (Lipinski definition) is 4. The lowest BCUT2D eigenvalue weighted by atomic mass is 10.1. The summed E-state index contributed by atoms with van der Waals surface area (Å²) in [6, 6.07) is 15.5. The minimum Gasteiger partial charge on any atom is -0.465 e. The van der Waals surface area contributed by atoms with Gasteiger partial charge >= 0.3 is 6.09 Å². The highest BCUT2D eigenvalue weighted by Gasteiger charge is 2.22. The number of anilines is 1. The van der Waals surface area contributed by atoms with Gasteiger partial charge in [-0.3, -0.25) is 9.59 Å². The smallest absolute Gasteiger partial charge is 0.404 e. The number of rotatable bonds is 10. The summed E-state index contributed by atoms with van der Waals surface area (Å²) in [4.78, 5) is 40.7. The Labute approximate surface area is 199 Å². The van der Waals surface area contributed by atoms with Crippen LogP contribution in [0.5, 0.6) is 0 Å². The first-order valence-electron chi connectivity index (χ1n) is 10.1. The highest BCUT2D eigenvalue weighted by atomic mass is 32.2. The molecule has 172 valence electrons. The van der Waals surface area contributed by atoms with Crippen LogP contribution in [0.4, 0.5) is 9.93 Å². The zero-order chi connectivity index (χ0) is 23.6. The number of carboxylic acid groups (broad SMARTS) is 1. The Hall–Kier alpha value is -3.37. The first-order valence-corrected chi connectivity index (χ1v) is 12.4. The van der Waals surface area contributed by atoms with Gasteiger partial charge in [0.15, 0.2) is 5.13 Å². The molecule has 3 amide bonds. The highest BCUT2D eigenvalue weighted by Crippen LogP contribution is 2.24. The molecule has 1 aromatic heterocycles. The van der Waals surface area contributed by atoms with E-state index < -0.39 is 12.1 Å². The number of carbonyl (C=O) groups is 3. The fourth-order valence-corrected chi connectivity index (χ4v) is 4.16. The molecule has 0 unspecified atom stereocenters. The van der Waals surface area contributed by atoms with Crippen LogP contribution in [0.3, 0.4) is 0 Å². The Morgan fingerprint density at radius 3 is 2.48 bits per heavy atom. The van der Waals surface area contributed by atoms with Crippen molar-refractivity contribution in [1.82, 2.24) is 15.6 Å². The van der Waals surface area contributed by atoms with Crippen molar-refractivity contribution < 1.29 is 19.5 Å². The van der Waals surface area contributed by atoms with Crippen molar-refractivity contribution in [2.75, 3.05) is 17.3 Å². The van der Waals surface area contributed by atoms with E-state index in [-0.39, 0.29) is 18.4 Å². The van der Waals surface area contributed by atoms with E-state index in [4.69, 9.17) is 5.11 Å². The van der Waals surface area contributed by atoms with E-state index >= 15 is 0 Å². The van der Waals surface area contributed by atoms with Crippen molar-refractivity contribution >= 4 is 46.1 Å². The number of benzene rings is 2. The molecule has 8 nitrogen and oxygen atoms in total. The third-order valence-electron chi connectivity index (χ3n) is 4.70. The van der Waals surface area contributed by atoms with Crippen molar-refractivity contribution in [3.8, 4) is 11.3 Å². The molecule has 0 saturated heterocycles.